The van der Waals surface area contributed by atoms with Crippen LogP contribution in [0.4, 0.5) is 0 Å². The van der Waals surface area contributed by atoms with Gasteiger partial charge in [0.2, 0.25) is 5.91 Å². The highest BCUT2D eigenvalue weighted by Gasteiger charge is 2.10. The quantitative estimate of drug-likeness (QED) is 0.657. The van der Waals surface area contributed by atoms with E-state index in [9.17, 15) is 13.2 Å². The van der Waals surface area contributed by atoms with Crippen LogP contribution in [0.2, 0.25) is 0 Å². The normalized spacial score (nSPS) is 16.1. The molecule has 0 bridgehead atoms. The number of amides is 1. The van der Waals surface area contributed by atoms with Gasteiger partial charge in [0.1, 0.15) is 0 Å². The lowest BCUT2D eigenvalue weighted by atomic mass is 10.1. The average molecular weight is 246 g/mol. The molecular formula is C9H14N2O4S. The van der Waals surface area contributed by atoms with Crippen molar-refractivity contribution in [3.8, 4) is 0 Å². The Hall–Kier alpha value is -1.34. The van der Waals surface area contributed by atoms with Crippen molar-refractivity contribution in [3.05, 3.63) is 24.0 Å². The molecule has 0 atom stereocenters. The van der Waals surface area contributed by atoms with Crippen LogP contribution in [-0.2, 0) is 14.9 Å². The smallest absolute Gasteiger partial charge is 0.264 e. The zero-order chi connectivity index (χ0) is 12.2. The Morgan fingerprint density at radius 1 is 1.56 bits per heavy atom. The van der Waals surface area contributed by atoms with E-state index in [0.29, 0.717) is 18.5 Å². The molecule has 0 radical (unpaired) electrons. The molecule has 16 heavy (non-hydrogen) atoms. The Kier molecular flexibility index (Phi) is 4.08. The van der Waals surface area contributed by atoms with Gasteiger partial charge in [-0.2, -0.15) is 8.42 Å². The highest BCUT2D eigenvalue weighted by molar-refractivity contribution is 7.85. The van der Waals surface area contributed by atoms with E-state index in [4.69, 9.17) is 10.3 Å². The number of nitrogens with zero attached hydrogens (tertiary/aromatic N) is 1. The Bertz CT molecular complexity index is 425. The average Bonchev–Trinajstić information content (AvgIpc) is 2.16. The third-order valence-corrected chi connectivity index (χ3v) is 2.90. The van der Waals surface area contributed by atoms with E-state index >= 15 is 0 Å². The van der Waals surface area contributed by atoms with Crippen molar-refractivity contribution in [2.75, 3.05) is 12.3 Å². The molecule has 1 amide bonds. The second-order valence-corrected chi connectivity index (χ2v) is 5.06. The maximum absolute atomic E-state index is 10.9. The van der Waals surface area contributed by atoms with Gasteiger partial charge in [-0.1, -0.05) is 6.08 Å². The Morgan fingerprint density at radius 2 is 2.25 bits per heavy atom. The van der Waals surface area contributed by atoms with Crippen LogP contribution < -0.4 is 5.73 Å². The number of rotatable bonds is 5. The zero-order valence-corrected chi connectivity index (χ0v) is 9.48. The fraction of sp³-hybridized carbons (Fsp3) is 0.444. The predicted octanol–water partition coefficient (Wildman–Crippen LogP) is -0.147. The molecule has 1 rings (SSSR count). The van der Waals surface area contributed by atoms with E-state index < -0.39 is 16.0 Å². The first-order valence-corrected chi connectivity index (χ1v) is 6.37. The minimum atomic E-state index is -3.92. The van der Waals surface area contributed by atoms with Gasteiger partial charge in [-0.05, 0) is 19.0 Å². The molecule has 7 heteroatoms. The van der Waals surface area contributed by atoms with Crippen molar-refractivity contribution in [1.29, 1.82) is 0 Å². The molecule has 0 aliphatic carbocycles. The molecule has 0 aromatic carbocycles. The van der Waals surface area contributed by atoms with Crippen molar-refractivity contribution in [1.82, 2.24) is 4.90 Å². The maximum atomic E-state index is 10.9. The molecule has 0 unspecified atom stereocenters. The summed E-state index contributed by atoms with van der Waals surface area (Å²) >= 11 is 0. The summed E-state index contributed by atoms with van der Waals surface area (Å²) in [5.41, 5.74) is 5.60. The molecule has 90 valence electrons. The molecule has 0 saturated carbocycles. The van der Waals surface area contributed by atoms with E-state index in [0.717, 1.165) is 0 Å². The number of nitrogens with two attached hydrogens (primary N) is 1. The maximum Gasteiger partial charge on any atom is 0.264 e. The summed E-state index contributed by atoms with van der Waals surface area (Å²) in [5, 5.41) is 0. The second kappa shape index (κ2) is 5.13. The lowest BCUT2D eigenvalue weighted by molar-refractivity contribution is -0.114. The molecule has 0 aromatic rings. The molecule has 1 heterocycles. The van der Waals surface area contributed by atoms with Crippen LogP contribution in [0, 0.1) is 0 Å². The molecule has 0 aromatic heterocycles. The molecular weight excluding hydrogens is 232 g/mol. The minimum Gasteiger partial charge on any atom is -0.366 e. The van der Waals surface area contributed by atoms with Crippen LogP contribution in [-0.4, -0.2) is 36.1 Å². The van der Waals surface area contributed by atoms with Crippen molar-refractivity contribution >= 4 is 16.0 Å². The first-order valence-electron chi connectivity index (χ1n) is 4.76. The summed E-state index contributed by atoms with van der Waals surface area (Å²) in [4.78, 5) is 12.6. The summed E-state index contributed by atoms with van der Waals surface area (Å²) in [6.45, 7) is 0.410. The van der Waals surface area contributed by atoms with Gasteiger partial charge < -0.3 is 10.6 Å². The predicted molar refractivity (Wildman–Crippen MR) is 58.8 cm³/mol. The van der Waals surface area contributed by atoms with Gasteiger partial charge in [0.15, 0.2) is 0 Å². The third-order valence-electron chi connectivity index (χ3n) is 2.09. The van der Waals surface area contributed by atoms with Gasteiger partial charge in [0.25, 0.3) is 10.1 Å². The van der Waals surface area contributed by atoms with Gasteiger partial charge in [-0.3, -0.25) is 9.35 Å². The molecule has 1 aliphatic rings. The van der Waals surface area contributed by atoms with E-state index in [1.165, 1.54) is 0 Å². The molecule has 0 fully saturated rings. The van der Waals surface area contributed by atoms with Crippen LogP contribution in [0.15, 0.2) is 24.0 Å². The first kappa shape index (κ1) is 12.7. The van der Waals surface area contributed by atoms with Gasteiger partial charge in [-0.15, -0.1) is 0 Å². The lowest BCUT2D eigenvalue weighted by Crippen LogP contribution is -2.22. The SMILES string of the molecule is NC(=O)C1=CN(CCCS(=O)(=O)O)C=CC1. The fourth-order valence-corrected chi connectivity index (χ4v) is 1.84. The van der Waals surface area contributed by atoms with Gasteiger partial charge in [0.05, 0.1) is 5.75 Å². The highest BCUT2D eigenvalue weighted by Crippen LogP contribution is 2.11. The lowest BCUT2D eigenvalue weighted by Gasteiger charge is -2.19. The highest BCUT2D eigenvalue weighted by atomic mass is 32.2. The summed E-state index contributed by atoms with van der Waals surface area (Å²) < 4.78 is 29.5. The van der Waals surface area contributed by atoms with Crippen molar-refractivity contribution < 1.29 is 17.8 Å². The van der Waals surface area contributed by atoms with E-state index in [-0.39, 0.29) is 12.2 Å². The topological polar surface area (TPSA) is 101 Å². The van der Waals surface area contributed by atoms with Crippen molar-refractivity contribution in [2.24, 2.45) is 5.73 Å². The Balaban J connectivity index is 2.46. The number of primary amides is 1. The first-order chi connectivity index (χ1) is 7.38. The fourth-order valence-electron chi connectivity index (χ4n) is 1.34. The molecule has 6 nitrogen and oxygen atoms in total. The van der Waals surface area contributed by atoms with Crippen LogP contribution in [0.3, 0.4) is 0 Å². The second-order valence-electron chi connectivity index (χ2n) is 3.48. The largest absolute Gasteiger partial charge is 0.366 e. The van der Waals surface area contributed by atoms with Crippen LogP contribution in [0.5, 0.6) is 0 Å². The summed E-state index contributed by atoms with van der Waals surface area (Å²) in [6, 6.07) is 0. The monoisotopic (exact) mass is 246 g/mol. The van der Waals surface area contributed by atoms with E-state index in [1.807, 2.05) is 0 Å². The van der Waals surface area contributed by atoms with Crippen molar-refractivity contribution in [2.45, 2.75) is 12.8 Å². The standard InChI is InChI=1S/C9H14N2O4S/c10-9(12)8-3-1-4-11(7-8)5-2-6-16(13,14)15/h1,4,7H,2-3,5-6H2,(H2,10,12)(H,13,14,15). The van der Waals surface area contributed by atoms with Gasteiger partial charge in [-0.25, -0.2) is 0 Å². The summed E-state index contributed by atoms with van der Waals surface area (Å²) in [5.74, 6) is -0.777. The van der Waals surface area contributed by atoms with Crippen LogP contribution >= 0.6 is 0 Å². The number of carbonyl (C=O) groups is 1. The van der Waals surface area contributed by atoms with Crippen LogP contribution in [0.25, 0.3) is 0 Å². The summed E-state index contributed by atoms with van der Waals surface area (Å²) in [6.07, 6.45) is 5.88. The minimum absolute atomic E-state index is 0.283. The Labute approximate surface area is 94.2 Å². The van der Waals surface area contributed by atoms with Crippen LogP contribution in [0.1, 0.15) is 12.8 Å². The number of hydrogen-bond acceptors (Lipinski definition) is 4. The van der Waals surface area contributed by atoms with Crippen molar-refractivity contribution in [3.63, 3.8) is 0 Å². The molecule has 0 spiro atoms. The van der Waals surface area contributed by atoms with Gasteiger partial charge in [0, 0.05) is 18.3 Å². The van der Waals surface area contributed by atoms with Gasteiger partial charge >= 0.3 is 0 Å². The summed E-state index contributed by atoms with van der Waals surface area (Å²) in [7, 11) is -3.92. The van der Waals surface area contributed by atoms with E-state index in [2.05, 4.69) is 0 Å². The molecule has 1 aliphatic heterocycles. The zero-order valence-electron chi connectivity index (χ0n) is 8.67. The molecule has 0 saturated heterocycles. The number of allylic oxidation sites excluding steroid dienone is 1. The number of hydrogen-bond donors (Lipinski definition) is 2. The molecule has 3 N–H and O–H groups in total. The third kappa shape index (κ3) is 4.45. The number of carbonyl (C=O) groups excluding carboxylic acids is 1. The van der Waals surface area contributed by atoms with E-state index in [1.54, 1.807) is 23.4 Å². The Morgan fingerprint density at radius 3 is 2.81 bits per heavy atom.